The Kier molecular flexibility index (Phi) is 3.83. The number of anilines is 1. The summed E-state index contributed by atoms with van der Waals surface area (Å²) in [5, 5.41) is 13.3. The van der Waals surface area contributed by atoms with Crippen molar-refractivity contribution in [3.63, 3.8) is 0 Å². The minimum absolute atomic E-state index is 0.152. The Morgan fingerprint density at radius 1 is 1.21 bits per heavy atom. The van der Waals surface area contributed by atoms with E-state index in [1.54, 1.807) is 16.7 Å². The molecule has 1 aliphatic carbocycles. The van der Waals surface area contributed by atoms with E-state index < -0.39 is 11.4 Å². The molecule has 0 bridgehead atoms. The highest BCUT2D eigenvalue weighted by molar-refractivity contribution is 5.97. The van der Waals surface area contributed by atoms with E-state index in [1.165, 1.54) is 12.3 Å². The number of aromatic nitrogens is 2. The van der Waals surface area contributed by atoms with Crippen LogP contribution in [0, 0.1) is 5.82 Å². The van der Waals surface area contributed by atoms with Crippen LogP contribution >= 0.6 is 0 Å². The number of hydrogen-bond acceptors (Lipinski definition) is 5. The molecular weight excluding hydrogens is 363 g/mol. The summed E-state index contributed by atoms with van der Waals surface area (Å²) in [5.41, 5.74) is 0.698. The van der Waals surface area contributed by atoms with E-state index in [2.05, 4.69) is 10.3 Å². The van der Waals surface area contributed by atoms with Gasteiger partial charge in [0.25, 0.3) is 0 Å². The van der Waals surface area contributed by atoms with Crippen molar-refractivity contribution in [2.24, 2.45) is 0 Å². The van der Waals surface area contributed by atoms with E-state index in [0.29, 0.717) is 35.3 Å². The van der Waals surface area contributed by atoms with Crippen LogP contribution in [0.5, 0.6) is 0 Å². The number of fused-ring (bicyclic) bond motifs is 2. The topological polar surface area (TPSA) is 87.5 Å². The van der Waals surface area contributed by atoms with Crippen molar-refractivity contribution in [3.8, 4) is 0 Å². The summed E-state index contributed by atoms with van der Waals surface area (Å²) in [4.78, 5) is 30.8. The number of halogens is 1. The predicted octanol–water partition coefficient (Wildman–Crippen LogP) is 2.13. The van der Waals surface area contributed by atoms with Gasteiger partial charge in [0.05, 0.1) is 16.6 Å². The van der Waals surface area contributed by atoms with E-state index in [4.69, 9.17) is 0 Å². The van der Waals surface area contributed by atoms with Crippen LogP contribution in [0.15, 0.2) is 29.2 Å². The fraction of sp³-hybridized carbons (Fsp3) is 0.350. The Labute approximate surface area is 159 Å². The first-order valence-electron chi connectivity index (χ1n) is 9.41. The first-order chi connectivity index (χ1) is 13.5. The number of piperazine rings is 1. The maximum atomic E-state index is 14.8. The number of rotatable bonds is 3. The van der Waals surface area contributed by atoms with Crippen LogP contribution in [-0.4, -0.2) is 46.8 Å². The third-order valence-corrected chi connectivity index (χ3v) is 5.49. The molecule has 0 unspecified atom stereocenters. The summed E-state index contributed by atoms with van der Waals surface area (Å²) < 4.78 is 16.5. The van der Waals surface area contributed by atoms with Gasteiger partial charge in [0.1, 0.15) is 17.0 Å². The van der Waals surface area contributed by atoms with Crippen LogP contribution in [-0.2, 0) is 0 Å². The second-order valence-electron chi connectivity index (χ2n) is 7.41. The molecule has 0 amide bonds. The fourth-order valence-electron chi connectivity index (χ4n) is 3.87. The number of nitrogens with zero attached hydrogens (tertiary/aromatic N) is 3. The van der Waals surface area contributed by atoms with Crippen molar-refractivity contribution >= 4 is 33.6 Å². The lowest BCUT2D eigenvalue weighted by atomic mass is 10.1. The third kappa shape index (κ3) is 2.72. The Balaban J connectivity index is 1.76. The number of pyridine rings is 2. The van der Waals surface area contributed by atoms with Crippen molar-refractivity contribution in [1.82, 2.24) is 14.9 Å². The molecule has 5 rings (SSSR count). The van der Waals surface area contributed by atoms with E-state index in [9.17, 15) is 19.1 Å². The number of carboxylic acids is 1. The maximum absolute atomic E-state index is 14.8. The highest BCUT2D eigenvalue weighted by Crippen LogP contribution is 2.37. The summed E-state index contributed by atoms with van der Waals surface area (Å²) in [6.07, 6.45) is 3.24. The molecule has 144 valence electrons. The second kappa shape index (κ2) is 6.27. The molecule has 28 heavy (non-hydrogen) atoms. The van der Waals surface area contributed by atoms with Crippen molar-refractivity contribution in [2.75, 3.05) is 31.1 Å². The zero-order valence-electron chi connectivity index (χ0n) is 15.1. The molecule has 3 aromatic rings. The van der Waals surface area contributed by atoms with E-state index in [-0.39, 0.29) is 22.8 Å². The van der Waals surface area contributed by atoms with Gasteiger partial charge in [0.2, 0.25) is 5.43 Å². The molecule has 2 fully saturated rings. The Morgan fingerprint density at radius 2 is 1.96 bits per heavy atom. The van der Waals surface area contributed by atoms with Crippen LogP contribution in [0.25, 0.3) is 21.9 Å². The van der Waals surface area contributed by atoms with Gasteiger partial charge < -0.3 is 19.9 Å². The number of benzene rings is 1. The fourth-order valence-corrected chi connectivity index (χ4v) is 3.87. The minimum Gasteiger partial charge on any atom is -0.477 e. The number of nitrogens with one attached hydrogen (secondary N) is 1. The largest absolute Gasteiger partial charge is 0.477 e. The molecule has 0 atom stereocenters. The number of carboxylic acid groups (broad SMARTS) is 1. The molecule has 3 heterocycles. The van der Waals surface area contributed by atoms with Gasteiger partial charge in [-0.3, -0.25) is 4.79 Å². The Morgan fingerprint density at radius 3 is 2.64 bits per heavy atom. The third-order valence-electron chi connectivity index (χ3n) is 5.49. The molecule has 1 aliphatic heterocycles. The van der Waals surface area contributed by atoms with E-state index in [1.807, 2.05) is 4.90 Å². The van der Waals surface area contributed by atoms with Crippen LogP contribution in [0.4, 0.5) is 10.1 Å². The number of hydrogen-bond donors (Lipinski definition) is 2. The second-order valence-corrected chi connectivity index (χ2v) is 7.41. The molecule has 7 nitrogen and oxygen atoms in total. The summed E-state index contributed by atoms with van der Waals surface area (Å²) in [6.45, 7) is 3.01. The minimum atomic E-state index is -1.26. The molecule has 2 aliphatic rings. The van der Waals surface area contributed by atoms with Crippen molar-refractivity contribution < 1.29 is 14.3 Å². The molecule has 1 saturated carbocycles. The van der Waals surface area contributed by atoms with Crippen molar-refractivity contribution in [2.45, 2.75) is 18.9 Å². The van der Waals surface area contributed by atoms with Gasteiger partial charge in [0, 0.05) is 43.8 Å². The van der Waals surface area contributed by atoms with E-state index >= 15 is 0 Å². The smallest absolute Gasteiger partial charge is 0.341 e. The molecule has 0 spiro atoms. The van der Waals surface area contributed by atoms with Gasteiger partial charge in [-0.1, -0.05) is 0 Å². The SMILES string of the molecule is O=C(O)c1cn(C2CC2)c2nc3cc(N4CCNCC4)c(F)cc3cc2c1=O. The van der Waals surface area contributed by atoms with Gasteiger partial charge in [-0.05, 0) is 31.0 Å². The zero-order valence-corrected chi connectivity index (χ0v) is 15.1. The average Bonchev–Trinajstić information content (AvgIpc) is 3.52. The first-order valence-corrected chi connectivity index (χ1v) is 9.41. The van der Waals surface area contributed by atoms with Crippen LogP contribution < -0.4 is 15.6 Å². The first kappa shape index (κ1) is 17.1. The lowest BCUT2D eigenvalue weighted by Gasteiger charge is -2.29. The van der Waals surface area contributed by atoms with Crippen molar-refractivity contribution in [1.29, 1.82) is 0 Å². The predicted molar refractivity (Wildman–Crippen MR) is 104 cm³/mol. The zero-order chi connectivity index (χ0) is 19.4. The molecule has 8 heteroatoms. The number of aromatic carboxylic acids is 1. The van der Waals surface area contributed by atoms with Crippen LogP contribution in [0.3, 0.4) is 0 Å². The van der Waals surface area contributed by atoms with E-state index in [0.717, 1.165) is 25.9 Å². The summed E-state index contributed by atoms with van der Waals surface area (Å²) in [7, 11) is 0. The van der Waals surface area contributed by atoms with Gasteiger partial charge in [-0.25, -0.2) is 14.2 Å². The lowest BCUT2D eigenvalue weighted by Crippen LogP contribution is -2.43. The Bertz CT molecular complexity index is 1180. The monoisotopic (exact) mass is 382 g/mol. The van der Waals surface area contributed by atoms with Crippen LogP contribution in [0.2, 0.25) is 0 Å². The molecule has 0 radical (unpaired) electrons. The normalized spacial score (nSPS) is 17.4. The average molecular weight is 382 g/mol. The summed E-state index contributed by atoms with van der Waals surface area (Å²) >= 11 is 0. The molecule has 2 N–H and O–H groups in total. The molecule has 1 aromatic carbocycles. The number of carbonyl (C=O) groups is 1. The highest BCUT2D eigenvalue weighted by atomic mass is 19.1. The van der Waals surface area contributed by atoms with Gasteiger partial charge in [0.15, 0.2) is 0 Å². The van der Waals surface area contributed by atoms with Gasteiger partial charge >= 0.3 is 5.97 Å². The maximum Gasteiger partial charge on any atom is 0.341 e. The van der Waals surface area contributed by atoms with Crippen molar-refractivity contribution in [3.05, 3.63) is 46.0 Å². The van der Waals surface area contributed by atoms with Crippen LogP contribution in [0.1, 0.15) is 29.2 Å². The summed E-state index contributed by atoms with van der Waals surface area (Å²) in [5.74, 6) is -1.63. The standard InChI is InChI=1S/C20H19FN4O3/c21-15-8-11-7-13-18(26)14(20(27)28)10-25(12-1-2-12)19(13)23-16(11)9-17(15)24-5-3-22-4-6-24/h7-10,12,22H,1-6H2,(H,27,28). The summed E-state index contributed by atoms with van der Waals surface area (Å²) in [6, 6.07) is 4.82. The molecular formula is C20H19FN4O3. The highest BCUT2D eigenvalue weighted by Gasteiger charge is 2.28. The van der Waals surface area contributed by atoms with Gasteiger partial charge in [-0.15, -0.1) is 0 Å². The quantitative estimate of drug-likeness (QED) is 0.675. The van der Waals surface area contributed by atoms with Gasteiger partial charge in [-0.2, -0.15) is 0 Å². The molecule has 2 aromatic heterocycles. The molecule has 1 saturated heterocycles. The Hall–Kier alpha value is -3.00. The lowest BCUT2D eigenvalue weighted by molar-refractivity contribution is 0.0695.